The van der Waals surface area contributed by atoms with Gasteiger partial charge in [0.25, 0.3) is 0 Å². The Morgan fingerprint density at radius 3 is 2.49 bits per heavy atom. The molecule has 3 aromatic carbocycles. The van der Waals surface area contributed by atoms with Gasteiger partial charge in [-0.25, -0.2) is 9.79 Å². The number of urea groups is 1. The number of hydrogen-bond acceptors (Lipinski definition) is 4. The van der Waals surface area contributed by atoms with Crippen LogP contribution in [0.25, 0.3) is 0 Å². The van der Waals surface area contributed by atoms with Crippen LogP contribution in [0.15, 0.2) is 71.7 Å². The third-order valence-corrected chi connectivity index (χ3v) is 6.00. The molecule has 1 fully saturated rings. The number of amides is 2. The minimum Gasteiger partial charge on any atom is -0.454 e. The molecule has 1 saturated heterocycles. The lowest BCUT2D eigenvalue weighted by molar-refractivity contribution is -0.137. The number of piperazine rings is 1. The van der Waals surface area contributed by atoms with E-state index in [9.17, 15) is 18.0 Å². The van der Waals surface area contributed by atoms with Crippen molar-refractivity contribution in [2.24, 2.45) is 4.99 Å². The quantitative estimate of drug-likeness (QED) is 0.462. The number of carbonyl (C=O) groups is 1. The van der Waals surface area contributed by atoms with Crippen LogP contribution in [0.5, 0.6) is 11.5 Å². The van der Waals surface area contributed by atoms with Gasteiger partial charge in [0.15, 0.2) is 5.75 Å². The number of rotatable bonds is 1. The first-order valence-corrected chi connectivity index (χ1v) is 11.2. The third-order valence-electron chi connectivity index (χ3n) is 6.00. The van der Waals surface area contributed by atoms with Crippen molar-refractivity contribution >= 4 is 23.2 Å². The standard InChI is InChI=1S/C26H23F3N4O2/c1-17-9-10-21-23(15-17)35-22-8-3-2-7-20(22)24(31-21)32-11-13-33(14-12-32)25(34)30-19-6-4-5-18(16-19)26(27,28)29/h2-10,15-16H,11-14H2,1H3,(H,30,34). The molecule has 0 spiro atoms. The van der Waals surface area contributed by atoms with Crippen molar-refractivity contribution in [3.8, 4) is 11.5 Å². The van der Waals surface area contributed by atoms with Crippen molar-refractivity contribution < 1.29 is 22.7 Å². The molecule has 0 aliphatic carbocycles. The van der Waals surface area contributed by atoms with E-state index in [2.05, 4.69) is 10.2 Å². The summed E-state index contributed by atoms with van der Waals surface area (Å²) in [6, 6.07) is 17.8. The molecule has 35 heavy (non-hydrogen) atoms. The van der Waals surface area contributed by atoms with Crippen molar-refractivity contribution in [3.05, 3.63) is 83.4 Å². The van der Waals surface area contributed by atoms with Gasteiger partial charge in [-0.2, -0.15) is 13.2 Å². The van der Waals surface area contributed by atoms with Crippen molar-refractivity contribution in [2.45, 2.75) is 13.1 Å². The van der Waals surface area contributed by atoms with Crippen molar-refractivity contribution in [2.75, 3.05) is 31.5 Å². The van der Waals surface area contributed by atoms with E-state index < -0.39 is 17.8 Å². The Labute approximate surface area is 200 Å². The van der Waals surface area contributed by atoms with Crippen LogP contribution in [-0.2, 0) is 6.18 Å². The fourth-order valence-corrected chi connectivity index (χ4v) is 4.17. The molecule has 180 valence electrons. The van der Waals surface area contributed by atoms with Gasteiger partial charge in [-0.1, -0.05) is 24.3 Å². The molecule has 2 aliphatic heterocycles. The van der Waals surface area contributed by atoms with E-state index in [4.69, 9.17) is 9.73 Å². The minimum atomic E-state index is -4.47. The van der Waals surface area contributed by atoms with Crippen molar-refractivity contribution in [1.29, 1.82) is 0 Å². The van der Waals surface area contributed by atoms with E-state index in [0.29, 0.717) is 37.7 Å². The zero-order valence-electron chi connectivity index (χ0n) is 19.0. The number of carbonyl (C=O) groups excluding carboxylic acids is 1. The number of halogens is 3. The Morgan fingerprint density at radius 2 is 1.71 bits per heavy atom. The Morgan fingerprint density at radius 1 is 0.943 bits per heavy atom. The van der Waals surface area contributed by atoms with E-state index in [0.717, 1.165) is 34.8 Å². The molecule has 5 rings (SSSR count). The zero-order valence-corrected chi connectivity index (χ0v) is 19.0. The van der Waals surface area contributed by atoms with Gasteiger partial charge in [-0.3, -0.25) is 0 Å². The maximum absolute atomic E-state index is 13.0. The summed E-state index contributed by atoms with van der Waals surface area (Å²) in [5.41, 5.74) is 1.97. The SMILES string of the molecule is Cc1ccc2c(c1)Oc1ccccc1C(N1CCN(C(=O)Nc3cccc(C(F)(F)F)c3)CC1)=N2. The molecule has 0 unspecified atom stereocenters. The number of amidine groups is 1. The molecule has 1 N–H and O–H groups in total. The van der Waals surface area contributed by atoms with Crippen LogP contribution in [0.2, 0.25) is 0 Å². The van der Waals surface area contributed by atoms with Gasteiger partial charge in [-0.05, 0) is 55.0 Å². The summed E-state index contributed by atoms with van der Waals surface area (Å²) in [7, 11) is 0. The average Bonchev–Trinajstić information content (AvgIpc) is 3.00. The molecule has 3 aromatic rings. The molecular formula is C26H23F3N4O2. The fourth-order valence-electron chi connectivity index (χ4n) is 4.17. The molecule has 0 radical (unpaired) electrons. The van der Waals surface area contributed by atoms with Gasteiger partial charge in [-0.15, -0.1) is 0 Å². The second-order valence-electron chi connectivity index (χ2n) is 8.49. The monoisotopic (exact) mass is 480 g/mol. The highest BCUT2D eigenvalue weighted by atomic mass is 19.4. The first-order valence-electron chi connectivity index (χ1n) is 11.2. The van der Waals surface area contributed by atoms with E-state index in [1.807, 2.05) is 49.4 Å². The van der Waals surface area contributed by atoms with E-state index in [-0.39, 0.29) is 5.69 Å². The largest absolute Gasteiger partial charge is 0.454 e. The van der Waals surface area contributed by atoms with Gasteiger partial charge >= 0.3 is 12.2 Å². The smallest absolute Gasteiger partial charge is 0.416 e. The molecule has 0 bridgehead atoms. The highest BCUT2D eigenvalue weighted by Crippen LogP contribution is 2.38. The summed E-state index contributed by atoms with van der Waals surface area (Å²) in [5.74, 6) is 2.16. The number of benzene rings is 3. The van der Waals surface area contributed by atoms with E-state index in [1.165, 1.54) is 12.1 Å². The lowest BCUT2D eigenvalue weighted by Crippen LogP contribution is -2.51. The molecule has 0 atom stereocenters. The number of anilines is 1. The maximum Gasteiger partial charge on any atom is 0.416 e. The highest BCUT2D eigenvalue weighted by molar-refractivity contribution is 6.04. The number of ether oxygens (including phenoxy) is 1. The molecule has 6 nitrogen and oxygen atoms in total. The van der Waals surface area contributed by atoms with Crippen molar-refractivity contribution in [3.63, 3.8) is 0 Å². The van der Waals surface area contributed by atoms with Crippen LogP contribution < -0.4 is 10.1 Å². The predicted molar refractivity (Wildman–Crippen MR) is 128 cm³/mol. The number of alkyl halides is 3. The summed E-state index contributed by atoms with van der Waals surface area (Å²) >= 11 is 0. The number of nitrogens with zero attached hydrogens (tertiary/aromatic N) is 3. The summed E-state index contributed by atoms with van der Waals surface area (Å²) in [6.45, 7) is 3.82. The first-order chi connectivity index (χ1) is 16.8. The molecule has 2 amide bonds. The van der Waals surface area contributed by atoms with Gasteiger partial charge in [0.05, 0.1) is 11.1 Å². The summed E-state index contributed by atoms with van der Waals surface area (Å²) in [4.78, 5) is 21.3. The number of nitrogens with one attached hydrogen (secondary N) is 1. The summed E-state index contributed by atoms with van der Waals surface area (Å²) < 4.78 is 45.1. The molecule has 0 saturated carbocycles. The number of hydrogen-bond donors (Lipinski definition) is 1. The van der Waals surface area contributed by atoms with Crippen LogP contribution in [0.1, 0.15) is 16.7 Å². The van der Waals surface area contributed by atoms with Crippen LogP contribution >= 0.6 is 0 Å². The molecule has 0 aromatic heterocycles. The van der Waals surface area contributed by atoms with E-state index in [1.54, 1.807) is 4.90 Å². The van der Waals surface area contributed by atoms with Crippen LogP contribution in [0.4, 0.5) is 29.3 Å². The van der Waals surface area contributed by atoms with Gasteiger partial charge in [0, 0.05) is 31.9 Å². The topological polar surface area (TPSA) is 57.2 Å². The molecule has 9 heteroatoms. The van der Waals surface area contributed by atoms with Gasteiger partial charge in [0.2, 0.25) is 0 Å². The summed E-state index contributed by atoms with van der Waals surface area (Å²) in [5, 5.41) is 2.58. The normalized spacial score (nSPS) is 15.4. The van der Waals surface area contributed by atoms with Crippen LogP contribution in [-0.4, -0.2) is 47.8 Å². The van der Waals surface area contributed by atoms with Gasteiger partial charge < -0.3 is 19.9 Å². The number of fused-ring (bicyclic) bond motifs is 2. The zero-order chi connectivity index (χ0) is 24.6. The minimum absolute atomic E-state index is 0.110. The maximum atomic E-state index is 13.0. The van der Waals surface area contributed by atoms with E-state index >= 15 is 0 Å². The van der Waals surface area contributed by atoms with Crippen LogP contribution in [0, 0.1) is 6.92 Å². The van der Waals surface area contributed by atoms with Crippen LogP contribution in [0.3, 0.4) is 0 Å². The Hall–Kier alpha value is -4.01. The summed E-state index contributed by atoms with van der Waals surface area (Å²) in [6.07, 6.45) is -4.47. The lowest BCUT2D eigenvalue weighted by Gasteiger charge is -2.36. The Bertz CT molecular complexity index is 1300. The Balaban J connectivity index is 1.32. The van der Waals surface area contributed by atoms with Gasteiger partial charge in [0.1, 0.15) is 17.3 Å². The molecular weight excluding hydrogens is 457 g/mol. The number of aryl methyl sites for hydroxylation is 1. The first kappa shape index (κ1) is 22.8. The second-order valence-corrected chi connectivity index (χ2v) is 8.49. The molecule has 2 aliphatic rings. The highest BCUT2D eigenvalue weighted by Gasteiger charge is 2.31. The average molecular weight is 480 g/mol. The lowest BCUT2D eigenvalue weighted by atomic mass is 10.1. The second kappa shape index (κ2) is 8.98. The number of para-hydroxylation sites is 1. The third kappa shape index (κ3) is 4.80. The Kier molecular flexibility index (Phi) is 5.84. The molecule has 2 heterocycles. The van der Waals surface area contributed by atoms with Crippen molar-refractivity contribution in [1.82, 2.24) is 9.80 Å². The predicted octanol–water partition coefficient (Wildman–Crippen LogP) is 6.05. The number of aliphatic imine (C=N–C) groups is 1. The fraction of sp³-hybridized carbons (Fsp3) is 0.231.